The highest BCUT2D eigenvalue weighted by atomic mass is 32.2. The Morgan fingerprint density at radius 2 is 1.86 bits per heavy atom. The van der Waals surface area contributed by atoms with E-state index < -0.39 is 0 Å². The number of hydrogen-bond acceptors (Lipinski definition) is 5. The van der Waals surface area contributed by atoms with Crippen LogP contribution < -0.4 is 0 Å². The van der Waals surface area contributed by atoms with Gasteiger partial charge in [0, 0.05) is 17.0 Å². The third kappa shape index (κ3) is 2.90. The van der Waals surface area contributed by atoms with Crippen LogP contribution in [0.1, 0.15) is 32.9 Å². The van der Waals surface area contributed by atoms with Gasteiger partial charge in [0.2, 0.25) is 5.16 Å². The highest BCUT2D eigenvalue weighted by Gasteiger charge is 2.20. The van der Waals surface area contributed by atoms with Gasteiger partial charge in [-0.15, -0.1) is 5.10 Å². The second-order valence-electron chi connectivity index (χ2n) is 7.06. The van der Waals surface area contributed by atoms with Gasteiger partial charge in [-0.05, 0) is 54.7 Å². The Bertz CT molecular complexity index is 1240. The van der Waals surface area contributed by atoms with Crippen molar-refractivity contribution in [2.45, 2.75) is 25.4 Å². The van der Waals surface area contributed by atoms with Gasteiger partial charge in [-0.1, -0.05) is 48.2 Å². The van der Waals surface area contributed by atoms with Crippen molar-refractivity contribution in [3.05, 3.63) is 76.6 Å². The van der Waals surface area contributed by atoms with Crippen molar-refractivity contribution >= 4 is 23.3 Å². The lowest BCUT2D eigenvalue weighted by molar-refractivity contribution is 0.102. The zero-order valence-corrected chi connectivity index (χ0v) is 16.5. The highest BCUT2D eigenvalue weighted by molar-refractivity contribution is 7.99. The van der Waals surface area contributed by atoms with Gasteiger partial charge in [-0.3, -0.25) is 4.79 Å². The molecule has 0 saturated heterocycles. The summed E-state index contributed by atoms with van der Waals surface area (Å²) in [6.07, 6.45) is 0.936. The number of aromatic nitrogens is 4. The average molecular weight is 386 g/mol. The van der Waals surface area contributed by atoms with Gasteiger partial charge in [-0.2, -0.15) is 4.98 Å². The average Bonchev–Trinajstić information content (AvgIpc) is 3.26. The minimum absolute atomic E-state index is 0.0805. The molecule has 138 valence electrons. The Kier molecular flexibility index (Phi) is 4.02. The first-order valence-electron chi connectivity index (χ1n) is 9.17. The predicted octanol–water partition coefficient (Wildman–Crippen LogP) is 4.29. The molecule has 2 aromatic carbocycles. The first kappa shape index (κ1) is 17.1. The monoisotopic (exact) mass is 386 g/mol. The zero-order chi connectivity index (χ0) is 19.3. The van der Waals surface area contributed by atoms with Gasteiger partial charge in [-0.25, -0.2) is 9.50 Å². The summed E-state index contributed by atoms with van der Waals surface area (Å²) in [6, 6.07) is 16.4. The van der Waals surface area contributed by atoms with Crippen molar-refractivity contribution < 1.29 is 4.79 Å². The molecule has 0 fully saturated rings. The van der Waals surface area contributed by atoms with Crippen LogP contribution in [0.2, 0.25) is 0 Å². The van der Waals surface area contributed by atoms with Gasteiger partial charge in [0.25, 0.3) is 5.78 Å². The fourth-order valence-electron chi connectivity index (χ4n) is 3.72. The van der Waals surface area contributed by atoms with Crippen LogP contribution in [0.15, 0.2) is 53.7 Å². The summed E-state index contributed by atoms with van der Waals surface area (Å²) < 4.78 is 1.71. The lowest BCUT2D eigenvalue weighted by Crippen LogP contribution is -2.03. The van der Waals surface area contributed by atoms with Crippen LogP contribution >= 0.6 is 11.8 Å². The van der Waals surface area contributed by atoms with Crippen molar-refractivity contribution in [3.63, 3.8) is 0 Å². The van der Waals surface area contributed by atoms with Crippen LogP contribution in [0.4, 0.5) is 0 Å². The number of nitrogens with zero attached hydrogens (tertiary/aromatic N) is 4. The summed E-state index contributed by atoms with van der Waals surface area (Å²) in [5.74, 6) is 0.952. The molecule has 5 nitrogen and oxygen atoms in total. The fraction of sp³-hybridized carbons (Fsp3) is 0.182. The normalized spacial score (nSPS) is 12.2. The quantitative estimate of drug-likeness (QED) is 0.341. The van der Waals surface area contributed by atoms with Crippen LogP contribution in [0.5, 0.6) is 0 Å². The molecule has 0 saturated carbocycles. The van der Waals surface area contributed by atoms with E-state index in [2.05, 4.69) is 39.3 Å². The topological polar surface area (TPSA) is 60.2 Å². The lowest BCUT2D eigenvalue weighted by Gasteiger charge is -2.04. The van der Waals surface area contributed by atoms with E-state index in [0.29, 0.717) is 16.7 Å². The second kappa shape index (κ2) is 6.56. The van der Waals surface area contributed by atoms with Gasteiger partial charge >= 0.3 is 0 Å². The molecule has 6 heteroatoms. The molecule has 0 amide bonds. The third-order valence-electron chi connectivity index (χ3n) is 5.05. The summed E-state index contributed by atoms with van der Waals surface area (Å²) in [7, 11) is 0. The molecule has 0 spiro atoms. The van der Waals surface area contributed by atoms with E-state index in [1.54, 1.807) is 4.52 Å². The molecule has 0 aliphatic heterocycles. The number of Topliss-reactive ketones (excluding diaryl/α,β-unsaturated/α-hetero) is 1. The smallest absolute Gasteiger partial charge is 0.253 e. The first-order valence-corrected chi connectivity index (χ1v) is 10.2. The lowest BCUT2D eigenvalue weighted by atomic mass is 10.0. The summed E-state index contributed by atoms with van der Waals surface area (Å²) in [5.41, 5.74) is 7.63. The zero-order valence-electron chi connectivity index (χ0n) is 15.6. The standard InChI is InChI=1S/C22H18N4OS/c1-13-9-14(2)26-21(23-13)24-22(25-26)28-12-20(27)17-8-7-16-10-15-5-3-4-6-18(15)19(16)11-17/h3-9,11H,10,12H2,1-2H3. The van der Waals surface area contributed by atoms with Crippen LogP contribution in [0.3, 0.4) is 0 Å². The Labute approximate surface area is 166 Å². The predicted molar refractivity (Wildman–Crippen MR) is 110 cm³/mol. The molecular weight excluding hydrogens is 368 g/mol. The molecule has 1 aliphatic carbocycles. The van der Waals surface area contributed by atoms with Crippen molar-refractivity contribution in [1.29, 1.82) is 0 Å². The summed E-state index contributed by atoms with van der Waals surface area (Å²) >= 11 is 1.35. The van der Waals surface area contributed by atoms with E-state index in [1.165, 1.54) is 34.0 Å². The van der Waals surface area contributed by atoms with Crippen LogP contribution in [-0.4, -0.2) is 31.1 Å². The number of rotatable bonds is 4. The molecule has 0 atom stereocenters. The number of ketones is 1. The maximum Gasteiger partial charge on any atom is 0.253 e. The van der Waals surface area contributed by atoms with E-state index in [1.807, 2.05) is 38.1 Å². The second-order valence-corrected chi connectivity index (χ2v) is 8.01. The van der Waals surface area contributed by atoms with Crippen molar-refractivity contribution in [2.24, 2.45) is 0 Å². The highest BCUT2D eigenvalue weighted by Crippen LogP contribution is 2.37. The number of carbonyl (C=O) groups excluding carboxylic acids is 1. The Morgan fingerprint density at radius 1 is 1.04 bits per heavy atom. The van der Waals surface area contributed by atoms with Crippen molar-refractivity contribution in [3.8, 4) is 11.1 Å². The first-order chi connectivity index (χ1) is 13.6. The van der Waals surface area contributed by atoms with E-state index in [4.69, 9.17) is 0 Å². The molecule has 4 aromatic rings. The number of carbonyl (C=O) groups is 1. The molecule has 28 heavy (non-hydrogen) atoms. The fourth-order valence-corrected chi connectivity index (χ4v) is 4.43. The van der Waals surface area contributed by atoms with Crippen LogP contribution in [-0.2, 0) is 6.42 Å². The maximum atomic E-state index is 12.8. The summed E-state index contributed by atoms with van der Waals surface area (Å²) in [6.45, 7) is 3.91. The number of hydrogen-bond donors (Lipinski definition) is 0. The van der Waals surface area contributed by atoms with E-state index in [9.17, 15) is 4.79 Å². The van der Waals surface area contributed by atoms with E-state index >= 15 is 0 Å². The van der Waals surface area contributed by atoms with Gasteiger partial charge in [0.1, 0.15) is 0 Å². The minimum atomic E-state index is 0.0805. The minimum Gasteiger partial charge on any atom is -0.293 e. The third-order valence-corrected chi connectivity index (χ3v) is 5.89. The van der Waals surface area contributed by atoms with Crippen LogP contribution in [0, 0.1) is 13.8 Å². The molecule has 0 bridgehead atoms. The van der Waals surface area contributed by atoms with Gasteiger partial charge in [0.05, 0.1) is 5.75 Å². The Hall–Kier alpha value is -2.99. The van der Waals surface area contributed by atoms with Gasteiger partial charge < -0.3 is 0 Å². The largest absolute Gasteiger partial charge is 0.293 e. The summed E-state index contributed by atoms with van der Waals surface area (Å²) in [5, 5.41) is 5.03. The molecular formula is C22H18N4OS. The van der Waals surface area contributed by atoms with Crippen LogP contribution in [0.25, 0.3) is 16.9 Å². The SMILES string of the molecule is Cc1cc(C)n2nc(SCC(=O)c3ccc4c(c3)-c3ccccc3C4)nc2n1. The number of fused-ring (bicyclic) bond motifs is 4. The number of aryl methyl sites for hydroxylation is 2. The van der Waals surface area contributed by atoms with Gasteiger partial charge in [0.15, 0.2) is 5.78 Å². The molecule has 0 radical (unpaired) electrons. The molecule has 1 aliphatic rings. The maximum absolute atomic E-state index is 12.8. The molecule has 2 heterocycles. The molecule has 2 aromatic heterocycles. The van der Waals surface area contributed by atoms with Crippen molar-refractivity contribution in [1.82, 2.24) is 19.6 Å². The number of thioether (sulfide) groups is 1. The van der Waals surface area contributed by atoms with E-state index in [-0.39, 0.29) is 5.78 Å². The van der Waals surface area contributed by atoms with E-state index in [0.717, 1.165) is 23.4 Å². The number of benzene rings is 2. The molecule has 0 unspecified atom stereocenters. The summed E-state index contributed by atoms with van der Waals surface area (Å²) in [4.78, 5) is 21.6. The van der Waals surface area contributed by atoms with Crippen molar-refractivity contribution in [2.75, 3.05) is 5.75 Å². The Morgan fingerprint density at radius 3 is 2.75 bits per heavy atom. The molecule has 5 rings (SSSR count). The molecule has 0 N–H and O–H groups in total. The Balaban J connectivity index is 1.37.